The Morgan fingerprint density at radius 2 is 1.60 bits per heavy atom. The second-order valence-electron chi connectivity index (χ2n) is 5.60. The van der Waals surface area contributed by atoms with Gasteiger partial charge in [0.25, 0.3) is 0 Å². The van der Waals surface area contributed by atoms with Crippen molar-refractivity contribution in [3.8, 4) is 0 Å². The van der Waals surface area contributed by atoms with Crippen molar-refractivity contribution in [2.75, 3.05) is 0 Å². The van der Waals surface area contributed by atoms with E-state index in [0.29, 0.717) is 12.0 Å². The minimum absolute atomic E-state index is 0.395. The molecule has 0 bridgehead atoms. The summed E-state index contributed by atoms with van der Waals surface area (Å²) in [7, 11) is 0. The molecule has 2 aromatic carbocycles. The fourth-order valence-corrected chi connectivity index (χ4v) is 2.46. The SMILES string of the molecule is CC(C)CC(NCc1ccc(Cl)cc1)c1ccccc1. The van der Waals surface area contributed by atoms with E-state index in [0.717, 1.165) is 18.0 Å². The largest absolute Gasteiger partial charge is 0.306 e. The molecule has 20 heavy (non-hydrogen) atoms. The number of benzene rings is 2. The standard InChI is InChI=1S/C18H22ClN/c1-14(2)12-18(16-6-4-3-5-7-16)20-13-15-8-10-17(19)11-9-15/h3-11,14,18,20H,12-13H2,1-2H3. The Hall–Kier alpha value is -1.31. The fourth-order valence-electron chi connectivity index (χ4n) is 2.34. The van der Waals surface area contributed by atoms with E-state index >= 15 is 0 Å². The van der Waals surface area contributed by atoms with Gasteiger partial charge in [0.2, 0.25) is 0 Å². The van der Waals surface area contributed by atoms with E-state index in [4.69, 9.17) is 11.6 Å². The van der Waals surface area contributed by atoms with Crippen LogP contribution in [0.25, 0.3) is 0 Å². The summed E-state index contributed by atoms with van der Waals surface area (Å²) in [5.41, 5.74) is 2.62. The third-order valence-corrected chi connectivity index (χ3v) is 3.63. The summed E-state index contributed by atoms with van der Waals surface area (Å²) >= 11 is 5.92. The van der Waals surface area contributed by atoms with Gasteiger partial charge in [-0.2, -0.15) is 0 Å². The van der Waals surface area contributed by atoms with Gasteiger partial charge >= 0.3 is 0 Å². The average Bonchev–Trinajstić information content (AvgIpc) is 2.46. The molecule has 1 atom stereocenters. The fraction of sp³-hybridized carbons (Fsp3) is 0.333. The van der Waals surface area contributed by atoms with Crippen LogP contribution >= 0.6 is 11.6 Å². The lowest BCUT2D eigenvalue weighted by molar-refractivity contribution is 0.428. The molecular formula is C18H22ClN. The molecule has 0 heterocycles. The lowest BCUT2D eigenvalue weighted by atomic mass is 9.97. The van der Waals surface area contributed by atoms with Gasteiger partial charge in [-0.15, -0.1) is 0 Å². The van der Waals surface area contributed by atoms with Crippen LogP contribution in [0.4, 0.5) is 0 Å². The van der Waals surface area contributed by atoms with Gasteiger partial charge in [0.1, 0.15) is 0 Å². The predicted molar refractivity (Wildman–Crippen MR) is 86.9 cm³/mol. The monoisotopic (exact) mass is 287 g/mol. The highest BCUT2D eigenvalue weighted by Crippen LogP contribution is 2.21. The molecular weight excluding hydrogens is 266 g/mol. The van der Waals surface area contributed by atoms with Crippen molar-refractivity contribution in [1.29, 1.82) is 0 Å². The maximum absolute atomic E-state index is 5.92. The summed E-state index contributed by atoms with van der Waals surface area (Å²) in [5, 5.41) is 4.45. The van der Waals surface area contributed by atoms with Crippen molar-refractivity contribution in [1.82, 2.24) is 5.32 Å². The summed E-state index contributed by atoms with van der Waals surface area (Å²) in [5.74, 6) is 0.665. The van der Waals surface area contributed by atoms with Gasteiger partial charge in [-0.1, -0.05) is 67.9 Å². The van der Waals surface area contributed by atoms with Crippen molar-refractivity contribution in [3.05, 3.63) is 70.7 Å². The van der Waals surface area contributed by atoms with E-state index in [1.54, 1.807) is 0 Å². The van der Waals surface area contributed by atoms with Crippen molar-refractivity contribution < 1.29 is 0 Å². The molecule has 0 aliphatic heterocycles. The molecule has 2 aromatic rings. The second-order valence-corrected chi connectivity index (χ2v) is 6.04. The average molecular weight is 288 g/mol. The molecule has 0 aliphatic rings. The summed E-state index contributed by atoms with van der Waals surface area (Å²) < 4.78 is 0. The smallest absolute Gasteiger partial charge is 0.0406 e. The van der Waals surface area contributed by atoms with Crippen LogP contribution in [-0.4, -0.2) is 0 Å². The predicted octanol–water partition coefficient (Wildman–Crippen LogP) is 5.22. The highest BCUT2D eigenvalue weighted by molar-refractivity contribution is 6.30. The first-order valence-corrected chi connectivity index (χ1v) is 7.55. The van der Waals surface area contributed by atoms with Gasteiger partial charge < -0.3 is 5.32 Å². The molecule has 2 rings (SSSR count). The Morgan fingerprint density at radius 1 is 0.950 bits per heavy atom. The molecule has 0 aliphatic carbocycles. The Bertz CT molecular complexity index is 505. The quantitative estimate of drug-likeness (QED) is 0.768. The first-order chi connectivity index (χ1) is 9.65. The minimum atomic E-state index is 0.395. The number of hydrogen-bond acceptors (Lipinski definition) is 1. The molecule has 0 fully saturated rings. The van der Waals surface area contributed by atoms with E-state index in [2.05, 4.69) is 61.6 Å². The molecule has 1 N–H and O–H groups in total. The highest BCUT2D eigenvalue weighted by atomic mass is 35.5. The van der Waals surface area contributed by atoms with Gasteiger partial charge in [-0.3, -0.25) is 0 Å². The van der Waals surface area contributed by atoms with Gasteiger partial charge in [0, 0.05) is 17.6 Å². The normalized spacial score (nSPS) is 12.6. The third-order valence-electron chi connectivity index (χ3n) is 3.37. The van der Waals surface area contributed by atoms with Gasteiger partial charge in [0.15, 0.2) is 0 Å². The van der Waals surface area contributed by atoms with E-state index in [-0.39, 0.29) is 0 Å². The van der Waals surface area contributed by atoms with Gasteiger partial charge in [-0.05, 0) is 35.6 Å². The van der Waals surface area contributed by atoms with Crippen molar-refractivity contribution in [3.63, 3.8) is 0 Å². The molecule has 1 nitrogen and oxygen atoms in total. The van der Waals surface area contributed by atoms with E-state index in [9.17, 15) is 0 Å². The van der Waals surface area contributed by atoms with Gasteiger partial charge in [0.05, 0.1) is 0 Å². The van der Waals surface area contributed by atoms with Crippen LogP contribution in [0.2, 0.25) is 5.02 Å². The van der Waals surface area contributed by atoms with E-state index < -0.39 is 0 Å². The minimum Gasteiger partial charge on any atom is -0.306 e. The molecule has 0 amide bonds. The zero-order chi connectivity index (χ0) is 14.4. The summed E-state index contributed by atoms with van der Waals surface area (Å²) in [6, 6.07) is 19.1. The molecule has 106 valence electrons. The summed E-state index contributed by atoms with van der Waals surface area (Å²) in [4.78, 5) is 0. The van der Waals surface area contributed by atoms with E-state index in [1.807, 2.05) is 12.1 Å². The number of nitrogens with one attached hydrogen (secondary N) is 1. The van der Waals surface area contributed by atoms with Crippen LogP contribution < -0.4 is 5.32 Å². The van der Waals surface area contributed by atoms with Crippen LogP contribution in [-0.2, 0) is 6.54 Å². The topological polar surface area (TPSA) is 12.0 Å². The summed E-state index contributed by atoms with van der Waals surface area (Å²) in [6.07, 6.45) is 1.14. The molecule has 0 spiro atoms. The molecule has 0 saturated carbocycles. The Labute approximate surface area is 127 Å². The number of rotatable bonds is 6. The maximum atomic E-state index is 5.92. The van der Waals surface area contributed by atoms with Crippen LogP contribution in [0.1, 0.15) is 37.4 Å². The van der Waals surface area contributed by atoms with Crippen molar-refractivity contribution >= 4 is 11.6 Å². The van der Waals surface area contributed by atoms with Crippen molar-refractivity contribution in [2.24, 2.45) is 5.92 Å². The second kappa shape index (κ2) is 7.47. The van der Waals surface area contributed by atoms with Crippen LogP contribution in [0.5, 0.6) is 0 Å². The molecule has 0 radical (unpaired) electrons. The van der Waals surface area contributed by atoms with Crippen LogP contribution in [0.15, 0.2) is 54.6 Å². The zero-order valence-corrected chi connectivity index (χ0v) is 12.9. The first-order valence-electron chi connectivity index (χ1n) is 7.18. The highest BCUT2D eigenvalue weighted by Gasteiger charge is 2.12. The molecule has 0 aromatic heterocycles. The molecule has 2 heteroatoms. The van der Waals surface area contributed by atoms with Crippen LogP contribution in [0, 0.1) is 5.92 Å². The Kier molecular flexibility index (Phi) is 5.63. The zero-order valence-electron chi connectivity index (χ0n) is 12.1. The Morgan fingerprint density at radius 3 is 2.20 bits per heavy atom. The van der Waals surface area contributed by atoms with Crippen molar-refractivity contribution in [2.45, 2.75) is 32.9 Å². The first kappa shape index (κ1) is 15.1. The lowest BCUT2D eigenvalue weighted by Crippen LogP contribution is -2.22. The number of halogens is 1. The lowest BCUT2D eigenvalue weighted by Gasteiger charge is -2.21. The van der Waals surface area contributed by atoms with Crippen LogP contribution in [0.3, 0.4) is 0 Å². The maximum Gasteiger partial charge on any atom is 0.0406 e. The van der Waals surface area contributed by atoms with E-state index in [1.165, 1.54) is 11.1 Å². The molecule has 1 unspecified atom stereocenters. The third kappa shape index (κ3) is 4.66. The Balaban J connectivity index is 2.03. The summed E-state index contributed by atoms with van der Waals surface area (Å²) in [6.45, 7) is 5.39. The molecule has 0 saturated heterocycles. The number of hydrogen-bond donors (Lipinski definition) is 1. The van der Waals surface area contributed by atoms with Gasteiger partial charge in [-0.25, -0.2) is 0 Å².